The van der Waals surface area contributed by atoms with Gasteiger partial charge in [-0.1, -0.05) is 18.2 Å². The van der Waals surface area contributed by atoms with E-state index in [1.807, 2.05) is 6.07 Å². The van der Waals surface area contributed by atoms with Crippen LogP contribution in [0.5, 0.6) is 0 Å². The zero-order valence-corrected chi connectivity index (χ0v) is 14.4. The van der Waals surface area contributed by atoms with Crippen molar-refractivity contribution in [2.75, 3.05) is 5.32 Å². The van der Waals surface area contributed by atoms with Gasteiger partial charge in [0.2, 0.25) is 0 Å². The second-order valence-electron chi connectivity index (χ2n) is 6.82. The van der Waals surface area contributed by atoms with E-state index in [1.165, 1.54) is 6.08 Å². The Morgan fingerprint density at radius 2 is 2.11 bits per heavy atom. The first-order valence-electron chi connectivity index (χ1n) is 8.79. The van der Waals surface area contributed by atoms with Gasteiger partial charge < -0.3 is 10.4 Å². The molecule has 1 unspecified atom stereocenters. The molecular formula is C18H19F3N4O2. The highest BCUT2D eigenvalue weighted by molar-refractivity contribution is 5.68. The molecule has 0 radical (unpaired) electrons. The average molecular weight is 380 g/mol. The summed E-state index contributed by atoms with van der Waals surface area (Å²) in [4.78, 5) is 4.28. The fraction of sp³-hybridized carbons (Fsp3) is 0.444. The molecule has 3 atom stereocenters. The largest absolute Gasteiger partial charge is 0.523 e. The maximum absolute atomic E-state index is 12.5. The van der Waals surface area contributed by atoms with Gasteiger partial charge in [-0.2, -0.15) is 0 Å². The lowest BCUT2D eigenvalue weighted by atomic mass is 10.0. The molecule has 2 aliphatic rings. The van der Waals surface area contributed by atoms with Crippen molar-refractivity contribution in [1.82, 2.24) is 14.6 Å². The molecule has 0 bridgehead atoms. The van der Waals surface area contributed by atoms with E-state index in [4.69, 9.17) is 0 Å². The normalized spacial score (nSPS) is 25.8. The van der Waals surface area contributed by atoms with Gasteiger partial charge in [0.15, 0.2) is 5.65 Å². The zero-order chi connectivity index (χ0) is 19.0. The number of rotatable bonds is 4. The van der Waals surface area contributed by atoms with Crippen molar-refractivity contribution in [3.63, 3.8) is 0 Å². The van der Waals surface area contributed by atoms with Gasteiger partial charge >= 0.3 is 6.36 Å². The van der Waals surface area contributed by atoms with Crippen LogP contribution in [0.3, 0.4) is 0 Å². The van der Waals surface area contributed by atoms with Crippen molar-refractivity contribution in [3.8, 4) is 0 Å². The number of hydrogen-bond acceptors (Lipinski definition) is 5. The van der Waals surface area contributed by atoms with Crippen LogP contribution in [0.25, 0.3) is 11.2 Å². The van der Waals surface area contributed by atoms with Gasteiger partial charge in [-0.05, 0) is 37.0 Å². The third-order valence-corrected chi connectivity index (χ3v) is 4.78. The van der Waals surface area contributed by atoms with Crippen molar-refractivity contribution in [2.45, 2.75) is 50.3 Å². The Morgan fingerprint density at radius 3 is 2.85 bits per heavy atom. The van der Waals surface area contributed by atoms with Crippen molar-refractivity contribution < 1.29 is 23.0 Å². The summed E-state index contributed by atoms with van der Waals surface area (Å²) < 4.78 is 43.3. The molecule has 144 valence electrons. The number of aliphatic hydroxyl groups excluding tert-OH is 1. The summed E-state index contributed by atoms with van der Waals surface area (Å²) in [6.45, 7) is 0. The number of imidazole rings is 1. The van der Waals surface area contributed by atoms with Crippen LogP contribution < -0.4 is 5.32 Å². The van der Waals surface area contributed by atoms with Gasteiger partial charge in [-0.3, -0.25) is 4.74 Å². The van der Waals surface area contributed by atoms with Crippen LogP contribution in [-0.4, -0.2) is 44.3 Å². The van der Waals surface area contributed by atoms with E-state index in [9.17, 15) is 18.3 Å². The molecule has 2 aromatic rings. The second kappa shape index (κ2) is 6.97. The molecular weight excluding hydrogens is 361 g/mol. The predicted octanol–water partition coefficient (Wildman–Crippen LogP) is 3.30. The van der Waals surface area contributed by atoms with Crippen LogP contribution in [0.15, 0.2) is 36.6 Å². The third kappa shape index (κ3) is 4.14. The van der Waals surface area contributed by atoms with Gasteiger partial charge in [0.05, 0.1) is 24.1 Å². The van der Waals surface area contributed by atoms with Crippen molar-refractivity contribution >= 4 is 17.0 Å². The van der Waals surface area contributed by atoms with E-state index in [1.54, 1.807) is 28.9 Å². The molecule has 9 heteroatoms. The van der Waals surface area contributed by atoms with Crippen molar-refractivity contribution in [2.24, 2.45) is 0 Å². The SMILES string of the molecule is O[C@@H]1CC[C@@H](Nc2ccc3ncc(C4=CC=CC(OC(F)(F)F)C4)n3n2)C1. The fourth-order valence-corrected chi connectivity index (χ4v) is 3.56. The average Bonchev–Trinajstić information content (AvgIpc) is 3.19. The molecule has 0 amide bonds. The number of hydrogen-bond donors (Lipinski definition) is 2. The standard InChI is InChI=1S/C18H19F3N4O2/c19-18(20,21)27-14-3-1-2-11(8-14)15-10-22-17-7-6-16(24-25(15)17)23-12-4-5-13(26)9-12/h1-3,6-7,10,12-14,26H,4-5,8-9H2,(H,23,24)/t12-,13-,14?/m1/s1. The van der Waals surface area contributed by atoms with Gasteiger partial charge in [0.25, 0.3) is 0 Å². The number of aliphatic hydroxyl groups is 1. The number of nitrogens with zero attached hydrogens (tertiary/aromatic N) is 3. The molecule has 6 nitrogen and oxygen atoms in total. The number of anilines is 1. The van der Waals surface area contributed by atoms with Crippen LogP contribution >= 0.6 is 0 Å². The second-order valence-corrected chi connectivity index (χ2v) is 6.82. The number of alkyl halides is 3. The van der Waals surface area contributed by atoms with Gasteiger partial charge in [0, 0.05) is 12.5 Å². The minimum absolute atomic E-state index is 0.0813. The molecule has 1 saturated carbocycles. The number of aromatic nitrogens is 3. The number of allylic oxidation sites excluding steroid dienone is 2. The van der Waals surface area contributed by atoms with E-state index in [0.29, 0.717) is 29.2 Å². The molecule has 4 rings (SSSR count). The Hall–Kier alpha value is -2.39. The van der Waals surface area contributed by atoms with Crippen LogP contribution in [0.1, 0.15) is 31.4 Å². The molecule has 0 aromatic carbocycles. The molecule has 2 aromatic heterocycles. The first kappa shape index (κ1) is 18.0. The number of ether oxygens (including phenoxy) is 1. The first-order chi connectivity index (χ1) is 12.9. The van der Waals surface area contributed by atoms with E-state index >= 15 is 0 Å². The minimum atomic E-state index is -4.68. The van der Waals surface area contributed by atoms with E-state index in [2.05, 4.69) is 20.1 Å². The molecule has 2 heterocycles. The maximum Gasteiger partial charge on any atom is 0.523 e. The van der Waals surface area contributed by atoms with E-state index in [-0.39, 0.29) is 18.6 Å². The Labute approximate surface area is 153 Å². The number of halogens is 3. The topological polar surface area (TPSA) is 71.7 Å². The maximum atomic E-state index is 12.5. The van der Waals surface area contributed by atoms with Crippen molar-refractivity contribution in [3.05, 3.63) is 42.3 Å². The summed E-state index contributed by atoms with van der Waals surface area (Å²) >= 11 is 0. The quantitative estimate of drug-likeness (QED) is 0.852. The molecule has 27 heavy (non-hydrogen) atoms. The highest BCUT2D eigenvalue weighted by Crippen LogP contribution is 2.30. The summed E-state index contributed by atoms with van der Waals surface area (Å²) in [7, 11) is 0. The monoisotopic (exact) mass is 380 g/mol. The lowest BCUT2D eigenvalue weighted by Crippen LogP contribution is -2.23. The lowest BCUT2D eigenvalue weighted by molar-refractivity contribution is -0.335. The molecule has 0 spiro atoms. The smallest absolute Gasteiger partial charge is 0.393 e. The molecule has 2 aliphatic carbocycles. The van der Waals surface area contributed by atoms with Crippen LogP contribution in [0, 0.1) is 0 Å². The molecule has 0 saturated heterocycles. The van der Waals surface area contributed by atoms with Crippen LogP contribution in [-0.2, 0) is 4.74 Å². The molecule has 0 aliphatic heterocycles. The van der Waals surface area contributed by atoms with E-state index < -0.39 is 12.5 Å². The molecule has 2 N–H and O–H groups in total. The minimum Gasteiger partial charge on any atom is -0.393 e. The summed E-state index contributed by atoms with van der Waals surface area (Å²) in [6, 6.07) is 3.76. The summed E-state index contributed by atoms with van der Waals surface area (Å²) in [5.74, 6) is 0.635. The third-order valence-electron chi connectivity index (χ3n) is 4.78. The van der Waals surface area contributed by atoms with Crippen LogP contribution in [0.2, 0.25) is 0 Å². The summed E-state index contributed by atoms with van der Waals surface area (Å²) in [5.41, 5.74) is 1.89. The van der Waals surface area contributed by atoms with Crippen LogP contribution in [0.4, 0.5) is 19.0 Å². The zero-order valence-electron chi connectivity index (χ0n) is 14.4. The Morgan fingerprint density at radius 1 is 1.26 bits per heavy atom. The highest BCUT2D eigenvalue weighted by Gasteiger charge is 2.33. The van der Waals surface area contributed by atoms with Gasteiger partial charge in [-0.15, -0.1) is 18.3 Å². The fourth-order valence-electron chi connectivity index (χ4n) is 3.56. The van der Waals surface area contributed by atoms with Gasteiger partial charge in [-0.25, -0.2) is 9.50 Å². The Bertz CT molecular complexity index is 890. The predicted molar refractivity (Wildman–Crippen MR) is 92.9 cm³/mol. The van der Waals surface area contributed by atoms with E-state index in [0.717, 1.165) is 12.8 Å². The first-order valence-corrected chi connectivity index (χ1v) is 8.79. The Kier molecular flexibility index (Phi) is 4.65. The number of fused-ring (bicyclic) bond motifs is 1. The summed E-state index contributed by atoms with van der Waals surface area (Å²) in [6.07, 6.45) is 2.61. The molecule has 1 fully saturated rings. The summed E-state index contributed by atoms with van der Waals surface area (Å²) in [5, 5.41) is 17.5. The van der Waals surface area contributed by atoms with Crippen molar-refractivity contribution in [1.29, 1.82) is 0 Å². The highest BCUT2D eigenvalue weighted by atomic mass is 19.4. The Balaban J connectivity index is 1.56. The lowest BCUT2D eigenvalue weighted by Gasteiger charge is -2.20. The van der Waals surface area contributed by atoms with Gasteiger partial charge in [0.1, 0.15) is 5.82 Å². The number of nitrogens with one attached hydrogen (secondary N) is 1.